The van der Waals surface area contributed by atoms with Crippen molar-refractivity contribution in [3.05, 3.63) is 0 Å². The molecule has 106 valence electrons. The van der Waals surface area contributed by atoms with E-state index in [0.29, 0.717) is 12.1 Å². The van der Waals surface area contributed by atoms with Crippen LogP contribution in [0.3, 0.4) is 0 Å². The Bertz CT molecular complexity index is 244. The molecule has 0 aromatic heterocycles. The number of rotatable bonds is 2. The molecule has 1 heterocycles. The maximum absolute atomic E-state index is 3.59. The molecule has 0 bridgehead atoms. The lowest BCUT2D eigenvalue weighted by Gasteiger charge is -2.45. The first kappa shape index (κ1) is 14.3. The van der Waals surface area contributed by atoms with E-state index in [1.807, 2.05) is 0 Å². The van der Waals surface area contributed by atoms with Crippen molar-refractivity contribution >= 4 is 0 Å². The third-order valence-corrected chi connectivity index (χ3v) is 5.06. The Morgan fingerprint density at radius 2 is 1.72 bits per heavy atom. The number of likely N-dealkylation sites (N-methyl/N-ethyl adjacent to an activating group) is 2. The third kappa shape index (κ3) is 3.46. The van der Waals surface area contributed by atoms with Crippen molar-refractivity contribution in [2.75, 3.05) is 33.7 Å². The second-order valence-electron chi connectivity index (χ2n) is 6.28. The molecule has 1 saturated heterocycles. The maximum Gasteiger partial charge on any atom is 0.0250 e. The molecule has 0 radical (unpaired) electrons. The van der Waals surface area contributed by atoms with E-state index in [4.69, 9.17) is 0 Å². The highest BCUT2D eigenvalue weighted by atomic mass is 15.3. The SMILES string of the molecule is CNC1CCCCCCC1N1CCN(C)C(C)C1. The minimum absolute atomic E-state index is 0.709. The van der Waals surface area contributed by atoms with Gasteiger partial charge in [-0.15, -0.1) is 0 Å². The van der Waals surface area contributed by atoms with Crippen LogP contribution in [-0.4, -0.2) is 61.7 Å². The van der Waals surface area contributed by atoms with Gasteiger partial charge in [-0.05, 0) is 33.9 Å². The quantitative estimate of drug-likeness (QED) is 0.811. The van der Waals surface area contributed by atoms with Crippen molar-refractivity contribution in [1.82, 2.24) is 15.1 Å². The molecular formula is C15H31N3. The van der Waals surface area contributed by atoms with E-state index < -0.39 is 0 Å². The fourth-order valence-electron chi connectivity index (χ4n) is 3.62. The van der Waals surface area contributed by atoms with Crippen LogP contribution in [0, 0.1) is 0 Å². The summed E-state index contributed by atoms with van der Waals surface area (Å²) in [6.07, 6.45) is 8.46. The van der Waals surface area contributed by atoms with E-state index in [0.717, 1.165) is 6.04 Å². The number of nitrogens with one attached hydrogen (secondary N) is 1. The highest BCUT2D eigenvalue weighted by molar-refractivity contribution is 4.89. The van der Waals surface area contributed by atoms with Gasteiger partial charge in [0.1, 0.15) is 0 Å². The molecule has 3 nitrogen and oxygen atoms in total. The summed E-state index contributed by atoms with van der Waals surface area (Å²) >= 11 is 0. The lowest BCUT2D eigenvalue weighted by molar-refractivity contribution is 0.0494. The fourth-order valence-corrected chi connectivity index (χ4v) is 3.62. The van der Waals surface area contributed by atoms with Gasteiger partial charge in [0.25, 0.3) is 0 Å². The van der Waals surface area contributed by atoms with Crippen molar-refractivity contribution in [3.63, 3.8) is 0 Å². The van der Waals surface area contributed by atoms with E-state index in [9.17, 15) is 0 Å². The first-order valence-corrected chi connectivity index (χ1v) is 7.84. The van der Waals surface area contributed by atoms with Gasteiger partial charge in [0.05, 0.1) is 0 Å². The number of nitrogens with zero attached hydrogens (tertiary/aromatic N) is 2. The average molecular weight is 253 g/mol. The van der Waals surface area contributed by atoms with Crippen molar-refractivity contribution in [3.8, 4) is 0 Å². The minimum Gasteiger partial charge on any atom is -0.315 e. The summed E-state index contributed by atoms with van der Waals surface area (Å²) in [6, 6.07) is 2.19. The molecule has 18 heavy (non-hydrogen) atoms. The van der Waals surface area contributed by atoms with Gasteiger partial charge >= 0.3 is 0 Å². The molecule has 3 unspecified atom stereocenters. The molecular weight excluding hydrogens is 222 g/mol. The molecule has 1 aliphatic heterocycles. The van der Waals surface area contributed by atoms with Gasteiger partial charge in [-0.2, -0.15) is 0 Å². The Hall–Kier alpha value is -0.120. The van der Waals surface area contributed by atoms with Crippen LogP contribution < -0.4 is 5.32 Å². The molecule has 2 rings (SSSR count). The van der Waals surface area contributed by atoms with Crippen LogP contribution in [0.25, 0.3) is 0 Å². The molecule has 3 atom stereocenters. The largest absolute Gasteiger partial charge is 0.315 e. The van der Waals surface area contributed by atoms with E-state index in [2.05, 4.69) is 36.1 Å². The lowest BCUT2D eigenvalue weighted by atomic mass is 9.90. The Kier molecular flexibility index (Phi) is 5.46. The van der Waals surface area contributed by atoms with Crippen LogP contribution in [0.4, 0.5) is 0 Å². The van der Waals surface area contributed by atoms with Gasteiger partial charge < -0.3 is 10.2 Å². The zero-order valence-corrected chi connectivity index (χ0v) is 12.5. The second-order valence-corrected chi connectivity index (χ2v) is 6.28. The number of hydrogen-bond donors (Lipinski definition) is 1. The third-order valence-electron chi connectivity index (χ3n) is 5.06. The zero-order valence-electron chi connectivity index (χ0n) is 12.5. The normalized spacial score (nSPS) is 37.2. The van der Waals surface area contributed by atoms with Gasteiger partial charge in [-0.3, -0.25) is 4.90 Å². The van der Waals surface area contributed by atoms with E-state index in [1.54, 1.807) is 0 Å². The van der Waals surface area contributed by atoms with E-state index >= 15 is 0 Å². The summed E-state index contributed by atoms with van der Waals surface area (Å²) in [5.74, 6) is 0. The highest BCUT2D eigenvalue weighted by Gasteiger charge is 2.31. The number of piperazine rings is 1. The molecule has 0 aromatic rings. The second kappa shape index (κ2) is 6.88. The molecule has 2 aliphatic rings. The first-order valence-electron chi connectivity index (χ1n) is 7.84. The van der Waals surface area contributed by atoms with Crippen LogP contribution in [0.5, 0.6) is 0 Å². The molecule has 0 spiro atoms. The molecule has 1 N–H and O–H groups in total. The molecule has 3 heteroatoms. The minimum atomic E-state index is 0.709. The zero-order chi connectivity index (χ0) is 13.0. The highest BCUT2D eigenvalue weighted by Crippen LogP contribution is 2.23. The van der Waals surface area contributed by atoms with Gasteiger partial charge in [0.2, 0.25) is 0 Å². The smallest absolute Gasteiger partial charge is 0.0250 e. The van der Waals surface area contributed by atoms with Crippen molar-refractivity contribution in [2.24, 2.45) is 0 Å². The van der Waals surface area contributed by atoms with Gasteiger partial charge in [-0.25, -0.2) is 0 Å². The lowest BCUT2D eigenvalue weighted by Crippen LogP contribution is -2.58. The van der Waals surface area contributed by atoms with Crippen LogP contribution in [-0.2, 0) is 0 Å². The van der Waals surface area contributed by atoms with Gasteiger partial charge in [0, 0.05) is 37.8 Å². The predicted molar refractivity (Wildman–Crippen MR) is 78.0 cm³/mol. The van der Waals surface area contributed by atoms with Gasteiger partial charge in [-0.1, -0.05) is 25.7 Å². The fraction of sp³-hybridized carbons (Fsp3) is 1.00. The average Bonchev–Trinajstić information content (AvgIpc) is 2.33. The number of hydrogen-bond acceptors (Lipinski definition) is 3. The van der Waals surface area contributed by atoms with Crippen molar-refractivity contribution < 1.29 is 0 Å². The predicted octanol–water partition coefficient (Wildman–Crippen LogP) is 1.93. The van der Waals surface area contributed by atoms with Crippen LogP contribution in [0.15, 0.2) is 0 Å². The topological polar surface area (TPSA) is 18.5 Å². The molecule has 1 aliphatic carbocycles. The summed E-state index contributed by atoms with van der Waals surface area (Å²) in [5.41, 5.74) is 0. The van der Waals surface area contributed by atoms with Crippen molar-refractivity contribution in [2.45, 2.75) is 63.6 Å². The Morgan fingerprint density at radius 3 is 2.39 bits per heavy atom. The van der Waals surface area contributed by atoms with Crippen LogP contribution in [0.2, 0.25) is 0 Å². The first-order chi connectivity index (χ1) is 8.72. The Balaban J connectivity index is 1.98. The van der Waals surface area contributed by atoms with Gasteiger partial charge in [0.15, 0.2) is 0 Å². The molecule has 0 aromatic carbocycles. The summed E-state index contributed by atoms with van der Waals surface area (Å²) in [6.45, 7) is 6.10. The molecule has 0 amide bonds. The summed E-state index contributed by atoms with van der Waals surface area (Å²) in [4.78, 5) is 5.25. The van der Waals surface area contributed by atoms with Crippen molar-refractivity contribution in [1.29, 1.82) is 0 Å². The molecule has 1 saturated carbocycles. The van der Waals surface area contributed by atoms with Crippen LogP contribution in [0.1, 0.15) is 45.4 Å². The van der Waals surface area contributed by atoms with E-state index in [1.165, 1.54) is 58.2 Å². The molecule has 2 fully saturated rings. The maximum atomic E-state index is 3.59. The standard InChI is InChI=1S/C15H31N3/c1-13-12-18(11-10-17(13)3)15-9-7-5-4-6-8-14(15)16-2/h13-16H,4-12H2,1-3H3. The Morgan fingerprint density at radius 1 is 1.00 bits per heavy atom. The van der Waals surface area contributed by atoms with E-state index in [-0.39, 0.29) is 0 Å². The summed E-state index contributed by atoms with van der Waals surface area (Å²) < 4.78 is 0. The monoisotopic (exact) mass is 253 g/mol. The summed E-state index contributed by atoms with van der Waals surface area (Å²) in [7, 11) is 4.41. The Labute approximate surface area is 113 Å². The summed E-state index contributed by atoms with van der Waals surface area (Å²) in [5, 5.41) is 3.59. The van der Waals surface area contributed by atoms with Crippen LogP contribution >= 0.6 is 0 Å².